The summed E-state index contributed by atoms with van der Waals surface area (Å²) in [6.45, 7) is 0. The molecule has 0 aliphatic carbocycles. The smallest absolute Gasteiger partial charge is 0.333 e. The van der Waals surface area contributed by atoms with Crippen molar-refractivity contribution < 1.29 is 14.6 Å². The van der Waals surface area contributed by atoms with E-state index in [0.29, 0.717) is 6.42 Å². The van der Waals surface area contributed by atoms with Gasteiger partial charge in [-0.05, 0) is 17.7 Å². The van der Waals surface area contributed by atoms with Crippen molar-refractivity contribution in [1.29, 1.82) is 0 Å². The zero-order valence-corrected chi connectivity index (χ0v) is 9.32. The van der Waals surface area contributed by atoms with Gasteiger partial charge in [-0.25, -0.2) is 4.79 Å². The average Bonchev–Trinajstić information content (AvgIpc) is 2.16. The molecule has 4 heteroatoms. The first-order valence-electron chi connectivity index (χ1n) is 4.13. The van der Waals surface area contributed by atoms with Crippen molar-refractivity contribution in [3.8, 4) is 0 Å². The van der Waals surface area contributed by atoms with Gasteiger partial charge in [-0.2, -0.15) is 0 Å². The van der Waals surface area contributed by atoms with E-state index in [1.165, 1.54) is 7.11 Å². The van der Waals surface area contributed by atoms with Crippen LogP contribution in [0, 0.1) is 0 Å². The molecule has 1 atom stereocenters. The highest BCUT2D eigenvalue weighted by atomic mass is 79.9. The topological polar surface area (TPSA) is 46.5 Å². The van der Waals surface area contributed by atoms with Crippen molar-refractivity contribution in [2.75, 3.05) is 7.11 Å². The molecule has 0 aliphatic rings. The lowest BCUT2D eigenvalue weighted by Gasteiger charge is -2.09. The van der Waals surface area contributed by atoms with Crippen LogP contribution in [-0.2, 0) is 16.0 Å². The third-order valence-corrected chi connectivity index (χ3v) is 2.42. The van der Waals surface area contributed by atoms with Crippen LogP contribution in [0.5, 0.6) is 0 Å². The summed E-state index contributed by atoms with van der Waals surface area (Å²) in [4.78, 5) is 10.7. The quantitative estimate of drug-likeness (QED) is 0.900. The van der Waals surface area contributed by atoms with Crippen LogP contribution in [0.1, 0.15) is 5.56 Å². The average molecular weight is 259 g/mol. The predicted molar refractivity (Wildman–Crippen MR) is 56.3 cm³/mol. The second-order valence-electron chi connectivity index (χ2n) is 2.89. The van der Waals surface area contributed by atoms with Gasteiger partial charge in [0, 0.05) is 18.0 Å². The van der Waals surface area contributed by atoms with Crippen LogP contribution in [0.25, 0.3) is 0 Å². The van der Waals surface area contributed by atoms with Crippen LogP contribution < -0.4 is 0 Å². The zero-order valence-electron chi connectivity index (χ0n) is 7.74. The molecule has 0 heterocycles. The third kappa shape index (κ3) is 3.12. The highest BCUT2D eigenvalue weighted by Gasteiger charge is 2.16. The van der Waals surface area contributed by atoms with Gasteiger partial charge in [-0.1, -0.05) is 28.1 Å². The number of carboxylic acids is 1. The molecule has 0 aliphatic heterocycles. The maximum Gasteiger partial charge on any atom is 0.333 e. The van der Waals surface area contributed by atoms with Gasteiger partial charge >= 0.3 is 5.97 Å². The van der Waals surface area contributed by atoms with E-state index < -0.39 is 12.1 Å². The van der Waals surface area contributed by atoms with Crippen LogP contribution in [0.15, 0.2) is 28.7 Å². The molecule has 76 valence electrons. The van der Waals surface area contributed by atoms with Crippen molar-refractivity contribution in [3.05, 3.63) is 34.3 Å². The Morgan fingerprint density at radius 2 is 2.07 bits per heavy atom. The van der Waals surface area contributed by atoms with E-state index in [4.69, 9.17) is 9.84 Å². The first-order chi connectivity index (χ1) is 6.63. The minimum absolute atomic E-state index is 0.388. The Kier molecular flexibility index (Phi) is 4.10. The molecule has 0 saturated carbocycles. The molecule has 0 fully saturated rings. The van der Waals surface area contributed by atoms with Crippen molar-refractivity contribution >= 4 is 21.9 Å². The second kappa shape index (κ2) is 5.12. The standard InChI is InChI=1S/C10H11BrO3/c1-14-9(10(12)13)6-7-2-4-8(11)5-3-7/h2-5,9H,6H2,1H3,(H,12,13)/t9-/m0/s1. The number of rotatable bonds is 4. The molecule has 1 aromatic carbocycles. The summed E-state index contributed by atoms with van der Waals surface area (Å²) in [6, 6.07) is 7.51. The van der Waals surface area contributed by atoms with E-state index in [1.54, 1.807) is 0 Å². The molecule has 1 aromatic rings. The number of methoxy groups -OCH3 is 1. The minimum atomic E-state index is -0.935. The molecule has 0 bridgehead atoms. The van der Waals surface area contributed by atoms with E-state index in [2.05, 4.69) is 15.9 Å². The maximum atomic E-state index is 10.7. The molecular formula is C10H11BrO3. The molecule has 1 N–H and O–H groups in total. The van der Waals surface area contributed by atoms with Crippen LogP contribution in [0.4, 0.5) is 0 Å². The fourth-order valence-electron chi connectivity index (χ4n) is 1.11. The molecule has 3 nitrogen and oxygen atoms in total. The fraction of sp³-hybridized carbons (Fsp3) is 0.300. The summed E-state index contributed by atoms with van der Waals surface area (Å²) in [5.41, 5.74) is 0.947. The fourth-order valence-corrected chi connectivity index (χ4v) is 1.37. The van der Waals surface area contributed by atoms with Gasteiger partial charge in [0.25, 0.3) is 0 Å². The van der Waals surface area contributed by atoms with E-state index in [1.807, 2.05) is 24.3 Å². The van der Waals surface area contributed by atoms with Gasteiger partial charge < -0.3 is 9.84 Å². The first kappa shape index (κ1) is 11.2. The summed E-state index contributed by atoms with van der Waals surface area (Å²) in [5, 5.41) is 8.75. The molecule has 0 radical (unpaired) electrons. The Morgan fingerprint density at radius 1 is 1.50 bits per heavy atom. The van der Waals surface area contributed by atoms with Crippen LogP contribution >= 0.6 is 15.9 Å². The Labute approximate surface area is 90.8 Å². The maximum absolute atomic E-state index is 10.7. The van der Waals surface area contributed by atoms with Crippen molar-refractivity contribution in [1.82, 2.24) is 0 Å². The Balaban J connectivity index is 2.67. The molecule has 0 amide bonds. The van der Waals surface area contributed by atoms with Crippen molar-refractivity contribution in [3.63, 3.8) is 0 Å². The van der Waals surface area contributed by atoms with Crippen molar-refractivity contribution in [2.45, 2.75) is 12.5 Å². The normalized spacial score (nSPS) is 12.4. The lowest BCUT2D eigenvalue weighted by atomic mass is 10.1. The monoisotopic (exact) mass is 258 g/mol. The van der Waals surface area contributed by atoms with Crippen LogP contribution in [0.2, 0.25) is 0 Å². The van der Waals surface area contributed by atoms with Gasteiger partial charge in [0.05, 0.1) is 0 Å². The summed E-state index contributed by atoms with van der Waals surface area (Å²) < 4.78 is 5.81. The van der Waals surface area contributed by atoms with Crippen LogP contribution in [-0.4, -0.2) is 24.3 Å². The van der Waals surface area contributed by atoms with Gasteiger partial charge in [0.1, 0.15) is 0 Å². The minimum Gasteiger partial charge on any atom is -0.479 e. The first-order valence-corrected chi connectivity index (χ1v) is 4.93. The highest BCUT2D eigenvalue weighted by molar-refractivity contribution is 9.10. The number of benzene rings is 1. The second-order valence-corrected chi connectivity index (χ2v) is 3.81. The van der Waals surface area contributed by atoms with E-state index >= 15 is 0 Å². The lowest BCUT2D eigenvalue weighted by Crippen LogP contribution is -2.24. The van der Waals surface area contributed by atoms with E-state index in [0.717, 1.165) is 10.0 Å². The SMILES string of the molecule is CO[C@@H](Cc1ccc(Br)cc1)C(=O)O. The Bertz CT molecular complexity index is 308. The number of carboxylic acid groups (broad SMARTS) is 1. The van der Waals surface area contributed by atoms with Crippen molar-refractivity contribution in [2.24, 2.45) is 0 Å². The molecule has 1 rings (SSSR count). The number of carbonyl (C=O) groups is 1. The molecule has 0 spiro atoms. The Hall–Kier alpha value is -0.870. The van der Waals surface area contributed by atoms with Gasteiger partial charge in [-0.15, -0.1) is 0 Å². The number of halogens is 1. The largest absolute Gasteiger partial charge is 0.479 e. The third-order valence-electron chi connectivity index (χ3n) is 1.89. The molecule has 14 heavy (non-hydrogen) atoms. The van der Waals surface area contributed by atoms with E-state index in [-0.39, 0.29) is 0 Å². The Morgan fingerprint density at radius 3 is 2.50 bits per heavy atom. The summed E-state index contributed by atoms with van der Waals surface area (Å²) in [5.74, 6) is -0.935. The van der Waals surface area contributed by atoms with Gasteiger partial charge in [0.2, 0.25) is 0 Å². The lowest BCUT2D eigenvalue weighted by molar-refractivity contribution is -0.148. The zero-order chi connectivity index (χ0) is 10.6. The number of hydrogen-bond donors (Lipinski definition) is 1. The summed E-state index contributed by atoms with van der Waals surface area (Å²) in [6.07, 6.45) is -0.379. The number of ether oxygens (including phenoxy) is 1. The number of hydrogen-bond acceptors (Lipinski definition) is 2. The molecule has 0 saturated heterocycles. The van der Waals surface area contributed by atoms with Gasteiger partial charge in [0.15, 0.2) is 6.10 Å². The predicted octanol–water partition coefficient (Wildman–Crippen LogP) is 2.09. The summed E-state index contributed by atoms with van der Waals surface area (Å²) >= 11 is 3.31. The molecule has 0 unspecified atom stereocenters. The van der Waals surface area contributed by atoms with Crippen LogP contribution in [0.3, 0.4) is 0 Å². The molecular weight excluding hydrogens is 248 g/mol. The van der Waals surface area contributed by atoms with E-state index in [9.17, 15) is 4.79 Å². The number of aliphatic carboxylic acids is 1. The summed E-state index contributed by atoms with van der Waals surface area (Å²) in [7, 11) is 1.40. The van der Waals surface area contributed by atoms with Gasteiger partial charge in [-0.3, -0.25) is 0 Å². The highest BCUT2D eigenvalue weighted by Crippen LogP contribution is 2.12. The molecule has 0 aromatic heterocycles.